The van der Waals surface area contributed by atoms with Gasteiger partial charge < -0.3 is 19.5 Å². The highest BCUT2D eigenvalue weighted by Gasteiger charge is 2.40. The lowest BCUT2D eigenvalue weighted by molar-refractivity contribution is -0.137. The van der Waals surface area contributed by atoms with Gasteiger partial charge in [-0.05, 0) is 24.1 Å². The lowest BCUT2D eigenvalue weighted by Gasteiger charge is -2.28. The molecule has 164 valence electrons. The van der Waals surface area contributed by atoms with Gasteiger partial charge in [-0.3, -0.25) is 19.4 Å². The van der Waals surface area contributed by atoms with Gasteiger partial charge in [-0.2, -0.15) is 0 Å². The minimum Gasteiger partial charge on any atom is -0.494 e. The number of imide groups is 1. The molecule has 0 radical (unpaired) electrons. The monoisotopic (exact) mass is 417 g/mol. The summed E-state index contributed by atoms with van der Waals surface area (Å²) >= 11 is 0. The van der Waals surface area contributed by atoms with E-state index in [9.17, 15) is 14.7 Å². The number of aliphatic hydroxyl groups excluding tert-OH is 1. The third-order valence-corrected chi connectivity index (χ3v) is 5.32. The minimum atomic E-state index is -0.314. The van der Waals surface area contributed by atoms with E-state index in [1.165, 1.54) is 4.90 Å². The maximum atomic E-state index is 13.2. The third kappa shape index (κ3) is 5.00. The van der Waals surface area contributed by atoms with Crippen LogP contribution in [0.2, 0.25) is 0 Å². The number of benzene rings is 1. The van der Waals surface area contributed by atoms with Crippen molar-refractivity contribution in [3.8, 4) is 5.75 Å². The number of morpholine rings is 1. The predicted octanol–water partition coefficient (Wildman–Crippen LogP) is 0.812. The van der Waals surface area contributed by atoms with Crippen molar-refractivity contribution < 1.29 is 24.2 Å². The Labute approximate surface area is 177 Å². The van der Waals surface area contributed by atoms with Crippen molar-refractivity contribution in [3.05, 3.63) is 35.5 Å². The fourth-order valence-corrected chi connectivity index (χ4v) is 3.65. The normalized spacial score (nSPS) is 17.8. The number of hydrogen-bond acceptors (Lipinski definition) is 7. The first kappa shape index (κ1) is 22.3. The van der Waals surface area contributed by atoms with Crippen LogP contribution in [0, 0.1) is 0 Å². The molecule has 0 aliphatic carbocycles. The summed E-state index contributed by atoms with van der Waals surface area (Å²) in [6, 6.07) is 7.25. The minimum absolute atomic E-state index is 0.105. The lowest BCUT2D eigenvalue weighted by Crippen LogP contribution is -2.44. The van der Waals surface area contributed by atoms with Crippen LogP contribution < -0.4 is 4.74 Å². The molecule has 8 nitrogen and oxygen atoms in total. The van der Waals surface area contributed by atoms with Gasteiger partial charge in [0.2, 0.25) is 0 Å². The largest absolute Gasteiger partial charge is 0.494 e. The van der Waals surface area contributed by atoms with Crippen molar-refractivity contribution in [2.45, 2.75) is 13.3 Å². The Kier molecular flexibility index (Phi) is 7.84. The number of likely N-dealkylation sites (N-methyl/N-ethyl adjacent to an activating group) is 1. The fraction of sp³-hybridized carbons (Fsp3) is 0.545. The van der Waals surface area contributed by atoms with Crippen LogP contribution in [-0.4, -0.2) is 97.8 Å². The summed E-state index contributed by atoms with van der Waals surface area (Å²) < 4.78 is 11.0. The molecule has 1 aromatic rings. The zero-order chi connectivity index (χ0) is 21.5. The van der Waals surface area contributed by atoms with E-state index in [0.29, 0.717) is 49.7 Å². The highest BCUT2D eigenvalue weighted by atomic mass is 16.5. The van der Waals surface area contributed by atoms with Gasteiger partial charge in [0, 0.05) is 39.8 Å². The molecule has 0 aromatic heterocycles. The van der Waals surface area contributed by atoms with Gasteiger partial charge in [-0.1, -0.05) is 19.1 Å². The third-order valence-electron chi connectivity index (χ3n) is 5.32. The van der Waals surface area contributed by atoms with Crippen LogP contribution >= 0.6 is 0 Å². The van der Waals surface area contributed by atoms with Crippen molar-refractivity contribution in [1.82, 2.24) is 14.7 Å². The van der Waals surface area contributed by atoms with Gasteiger partial charge in [0.05, 0.1) is 32.0 Å². The van der Waals surface area contributed by atoms with E-state index in [0.717, 1.165) is 25.3 Å². The molecule has 2 aliphatic heterocycles. The second kappa shape index (κ2) is 10.6. The van der Waals surface area contributed by atoms with E-state index < -0.39 is 0 Å². The van der Waals surface area contributed by atoms with Crippen molar-refractivity contribution in [3.63, 3.8) is 0 Å². The Hall–Kier alpha value is -2.42. The maximum Gasteiger partial charge on any atom is 0.277 e. The van der Waals surface area contributed by atoms with E-state index in [1.807, 2.05) is 31.2 Å². The number of amides is 2. The number of carbonyl (C=O) groups is 2. The van der Waals surface area contributed by atoms with E-state index in [1.54, 1.807) is 11.9 Å². The first-order valence-corrected chi connectivity index (χ1v) is 10.5. The van der Waals surface area contributed by atoms with Crippen LogP contribution in [0.25, 0.3) is 5.57 Å². The highest BCUT2D eigenvalue weighted by Crippen LogP contribution is 2.32. The summed E-state index contributed by atoms with van der Waals surface area (Å²) in [6.45, 7) is 6.71. The Morgan fingerprint density at radius 3 is 2.43 bits per heavy atom. The molecular weight excluding hydrogens is 386 g/mol. The average Bonchev–Trinajstić information content (AvgIpc) is 3.02. The van der Waals surface area contributed by atoms with E-state index >= 15 is 0 Å². The standard InChI is InChI=1S/C22H31N3O5/c1-3-14-30-18-6-4-17(5-7-18)19-20(23(2)10-13-26)22(28)25(21(19)27)9-8-24-11-15-29-16-12-24/h4-7,26H,3,8-16H2,1-2H3. The van der Waals surface area contributed by atoms with Crippen LogP contribution in [0.15, 0.2) is 30.0 Å². The summed E-state index contributed by atoms with van der Waals surface area (Å²) in [7, 11) is 1.72. The Bertz CT molecular complexity index is 771. The molecule has 2 heterocycles. The second-order valence-electron chi connectivity index (χ2n) is 7.46. The van der Waals surface area contributed by atoms with Gasteiger partial charge in [0.25, 0.3) is 11.8 Å². The molecule has 1 saturated heterocycles. The zero-order valence-electron chi connectivity index (χ0n) is 17.8. The van der Waals surface area contributed by atoms with Gasteiger partial charge in [-0.15, -0.1) is 0 Å². The number of aliphatic hydroxyl groups is 1. The molecule has 1 aromatic carbocycles. The van der Waals surface area contributed by atoms with E-state index in [-0.39, 0.29) is 25.0 Å². The van der Waals surface area contributed by atoms with Gasteiger partial charge in [-0.25, -0.2) is 0 Å². The number of rotatable bonds is 10. The van der Waals surface area contributed by atoms with Crippen molar-refractivity contribution in [2.75, 3.05) is 66.2 Å². The van der Waals surface area contributed by atoms with Gasteiger partial charge in [0.1, 0.15) is 11.4 Å². The smallest absolute Gasteiger partial charge is 0.277 e. The van der Waals surface area contributed by atoms with Crippen molar-refractivity contribution in [2.24, 2.45) is 0 Å². The molecule has 1 fully saturated rings. The number of hydrogen-bond donors (Lipinski definition) is 1. The molecule has 1 N–H and O–H groups in total. The topological polar surface area (TPSA) is 82.6 Å². The lowest BCUT2D eigenvalue weighted by atomic mass is 10.0. The summed E-state index contributed by atoms with van der Waals surface area (Å²) in [5.41, 5.74) is 1.38. The van der Waals surface area contributed by atoms with Crippen LogP contribution in [0.4, 0.5) is 0 Å². The molecule has 0 atom stereocenters. The van der Waals surface area contributed by atoms with E-state index in [4.69, 9.17) is 9.47 Å². The zero-order valence-corrected chi connectivity index (χ0v) is 17.8. The maximum absolute atomic E-state index is 13.2. The highest BCUT2D eigenvalue weighted by molar-refractivity contribution is 6.35. The summed E-state index contributed by atoms with van der Waals surface area (Å²) in [5, 5.41) is 9.36. The number of nitrogens with zero attached hydrogens (tertiary/aromatic N) is 3. The summed E-state index contributed by atoms with van der Waals surface area (Å²) in [4.78, 5) is 31.6. The van der Waals surface area contributed by atoms with Crippen molar-refractivity contribution in [1.29, 1.82) is 0 Å². The van der Waals surface area contributed by atoms with Crippen LogP contribution in [0.1, 0.15) is 18.9 Å². The number of carbonyl (C=O) groups excluding carboxylic acids is 2. The van der Waals surface area contributed by atoms with Gasteiger partial charge in [0.15, 0.2) is 0 Å². The van der Waals surface area contributed by atoms with Gasteiger partial charge >= 0.3 is 0 Å². The van der Waals surface area contributed by atoms with E-state index in [2.05, 4.69) is 4.90 Å². The SMILES string of the molecule is CCCOc1ccc(C2=C(N(C)CCO)C(=O)N(CCN3CCOCC3)C2=O)cc1. The van der Waals surface area contributed by atoms with Crippen LogP contribution in [0.5, 0.6) is 5.75 Å². The Morgan fingerprint density at radius 1 is 1.10 bits per heavy atom. The molecule has 2 amide bonds. The average molecular weight is 418 g/mol. The number of ether oxygens (including phenoxy) is 2. The molecule has 8 heteroatoms. The van der Waals surface area contributed by atoms with Crippen molar-refractivity contribution >= 4 is 17.4 Å². The summed E-state index contributed by atoms with van der Waals surface area (Å²) in [5.74, 6) is 0.119. The summed E-state index contributed by atoms with van der Waals surface area (Å²) in [6.07, 6.45) is 0.911. The molecule has 0 spiro atoms. The second-order valence-corrected chi connectivity index (χ2v) is 7.46. The molecule has 2 aliphatic rings. The Morgan fingerprint density at radius 2 is 1.80 bits per heavy atom. The Balaban J connectivity index is 1.82. The molecule has 0 bridgehead atoms. The first-order chi connectivity index (χ1) is 14.6. The molecule has 3 rings (SSSR count). The molecule has 0 saturated carbocycles. The first-order valence-electron chi connectivity index (χ1n) is 10.5. The fourth-order valence-electron chi connectivity index (χ4n) is 3.65. The van der Waals surface area contributed by atoms with Crippen LogP contribution in [-0.2, 0) is 14.3 Å². The molecule has 0 unspecified atom stereocenters. The molecular formula is C22H31N3O5. The van der Waals surface area contributed by atoms with Crippen LogP contribution in [0.3, 0.4) is 0 Å². The quantitative estimate of drug-likeness (QED) is 0.564. The molecule has 30 heavy (non-hydrogen) atoms. The predicted molar refractivity (Wildman–Crippen MR) is 113 cm³/mol.